The predicted molar refractivity (Wildman–Crippen MR) is 73.2 cm³/mol. The summed E-state index contributed by atoms with van der Waals surface area (Å²) in [5.41, 5.74) is 0.906. The number of hydrogen-bond donors (Lipinski definition) is 1. The van der Waals surface area contributed by atoms with Gasteiger partial charge in [0.05, 0.1) is 11.1 Å². The summed E-state index contributed by atoms with van der Waals surface area (Å²) in [7, 11) is 0. The van der Waals surface area contributed by atoms with Crippen LogP contribution in [0.1, 0.15) is 23.4 Å². The zero-order chi connectivity index (χ0) is 15.3. The lowest BCUT2D eigenvalue weighted by atomic mass is 10.0. The third kappa shape index (κ3) is 4.98. The maximum Gasteiger partial charge on any atom is 0.573 e. The van der Waals surface area contributed by atoms with Crippen LogP contribution in [0.15, 0.2) is 30.5 Å². The van der Waals surface area contributed by atoms with Gasteiger partial charge < -0.3 is 10.1 Å². The smallest absolute Gasteiger partial charge is 0.406 e. The Balaban J connectivity index is 2.04. The van der Waals surface area contributed by atoms with Crippen molar-refractivity contribution in [2.75, 3.05) is 6.54 Å². The third-order valence-electron chi connectivity index (χ3n) is 2.77. The van der Waals surface area contributed by atoms with Gasteiger partial charge in [0, 0.05) is 6.04 Å². The summed E-state index contributed by atoms with van der Waals surface area (Å²) in [5, 5.41) is 7.11. The van der Waals surface area contributed by atoms with Gasteiger partial charge in [0.25, 0.3) is 0 Å². The lowest BCUT2D eigenvalue weighted by Gasteiger charge is -2.16. The van der Waals surface area contributed by atoms with Crippen LogP contribution in [0, 0.1) is 0 Å². The summed E-state index contributed by atoms with van der Waals surface area (Å²) in [4.78, 5) is 0.993. The Bertz CT molecular complexity index is 543. The molecule has 1 unspecified atom stereocenters. The summed E-state index contributed by atoms with van der Waals surface area (Å²) in [5.74, 6) is -0.217. The largest absolute Gasteiger partial charge is 0.573 e. The highest BCUT2D eigenvalue weighted by Gasteiger charge is 2.30. The Labute approximate surface area is 124 Å². The van der Waals surface area contributed by atoms with E-state index in [4.69, 9.17) is 0 Å². The van der Waals surface area contributed by atoms with Crippen molar-refractivity contribution in [3.8, 4) is 5.75 Å². The number of rotatable bonds is 6. The number of hydrogen-bond acceptors (Lipinski definition) is 5. The fraction of sp³-hybridized carbons (Fsp3) is 0.385. The lowest BCUT2D eigenvalue weighted by Crippen LogP contribution is -2.22. The van der Waals surface area contributed by atoms with Gasteiger partial charge in [-0.05, 0) is 42.2 Å². The second kappa shape index (κ2) is 6.86. The highest BCUT2D eigenvalue weighted by molar-refractivity contribution is 7.05. The van der Waals surface area contributed by atoms with Crippen LogP contribution in [-0.4, -0.2) is 22.5 Å². The second-order valence-electron chi connectivity index (χ2n) is 4.33. The van der Waals surface area contributed by atoms with Gasteiger partial charge in [-0.2, -0.15) is 0 Å². The van der Waals surface area contributed by atoms with Gasteiger partial charge in [-0.25, -0.2) is 0 Å². The molecule has 2 aromatic rings. The Kier molecular flexibility index (Phi) is 5.13. The van der Waals surface area contributed by atoms with Crippen LogP contribution >= 0.6 is 11.5 Å². The number of likely N-dealkylation sites (N-methyl/N-ethyl adjacent to an activating group) is 1. The van der Waals surface area contributed by atoms with Crippen LogP contribution in [0.5, 0.6) is 5.75 Å². The number of nitrogens with one attached hydrogen (secondary N) is 1. The van der Waals surface area contributed by atoms with E-state index in [0.29, 0.717) is 6.42 Å². The number of alkyl halides is 3. The van der Waals surface area contributed by atoms with Crippen LogP contribution in [-0.2, 0) is 6.42 Å². The molecule has 0 saturated carbocycles. The van der Waals surface area contributed by atoms with Gasteiger partial charge in [-0.15, -0.1) is 18.3 Å². The first-order valence-corrected chi connectivity index (χ1v) is 7.10. The minimum Gasteiger partial charge on any atom is -0.406 e. The molecule has 1 N–H and O–H groups in total. The third-order valence-corrected chi connectivity index (χ3v) is 3.55. The van der Waals surface area contributed by atoms with Crippen molar-refractivity contribution in [2.24, 2.45) is 0 Å². The van der Waals surface area contributed by atoms with Crippen molar-refractivity contribution in [3.63, 3.8) is 0 Å². The molecule has 0 bridgehead atoms. The van der Waals surface area contributed by atoms with Crippen LogP contribution in [0.4, 0.5) is 13.2 Å². The highest BCUT2D eigenvalue weighted by Crippen LogP contribution is 2.25. The normalized spacial score (nSPS) is 13.1. The van der Waals surface area contributed by atoms with E-state index in [0.717, 1.165) is 17.0 Å². The predicted octanol–water partition coefficient (Wildman–Crippen LogP) is 3.33. The standard InChI is InChI=1S/C13H14F3N3OS/c1-2-17-11(12-8-18-19-21-12)7-9-3-5-10(6-4-9)20-13(14,15)16/h3-6,8,11,17H,2,7H2,1H3. The molecule has 1 aromatic heterocycles. The minimum absolute atomic E-state index is 0.0457. The number of aromatic nitrogens is 2. The average Bonchev–Trinajstić information content (AvgIpc) is 2.92. The summed E-state index contributed by atoms with van der Waals surface area (Å²) in [6.07, 6.45) is -2.33. The number of benzene rings is 1. The van der Waals surface area contributed by atoms with E-state index in [-0.39, 0.29) is 11.8 Å². The zero-order valence-electron chi connectivity index (χ0n) is 11.2. The molecule has 0 fully saturated rings. The maximum absolute atomic E-state index is 12.1. The van der Waals surface area contributed by atoms with Crippen LogP contribution in [0.2, 0.25) is 0 Å². The summed E-state index contributed by atoms with van der Waals surface area (Å²) in [6, 6.07) is 5.93. The maximum atomic E-state index is 12.1. The molecule has 4 nitrogen and oxygen atoms in total. The monoisotopic (exact) mass is 317 g/mol. The number of ether oxygens (including phenoxy) is 1. The first kappa shape index (κ1) is 15.7. The molecule has 0 spiro atoms. The molecule has 0 aliphatic rings. The molecule has 0 amide bonds. The van der Waals surface area contributed by atoms with E-state index in [1.165, 1.54) is 23.7 Å². The topological polar surface area (TPSA) is 47.0 Å². The number of nitrogens with zero attached hydrogens (tertiary/aromatic N) is 2. The van der Waals surface area contributed by atoms with Gasteiger partial charge >= 0.3 is 6.36 Å². The molecule has 2 rings (SSSR count). The quantitative estimate of drug-likeness (QED) is 0.888. The molecule has 0 aliphatic heterocycles. The minimum atomic E-state index is -4.66. The van der Waals surface area contributed by atoms with Gasteiger partial charge in [-0.1, -0.05) is 23.5 Å². The lowest BCUT2D eigenvalue weighted by molar-refractivity contribution is -0.274. The highest BCUT2D eigenvalue weighted by atomic mass is 32.1. The fourth-order valence-electron chi connectivity index (χ4n) is 1.91. The molecule has 114 valence electrons. The fourth-order valence-corrected chi connectivity index (χ4v) is 2.49. The van der Waals surface area contributed by atoms with Gasteiger partial charge in [0.15, 0.2) is 0 Å². The van der Waals surface area contributed by atoms with Crippen molar-refractivity contribution in [1.82, 2.24) is 14.9 Å². The SMILES string of the molecule is CCNC(Cc1ccc(OC(F)(F)F)cc1)c1cnns1. The zero-order valence-corrected chi connectivity index (χ0v) is 12.0. The molecule has 0 aliphatic carbocycles. The van der Waals surface area contributed by atoms with E-state index in [9.17, 15) is 13.2 Å². The molecule has 21 heavy (non-hydrogen) atoms. The van der Waals surface area contributed by atoms with Crippen molar-refractivity contribution >= 4 is 11.5 Å². The van der Waals surface area contributed by atoms with Crippen LogP contribution in [0.25, 0.3) is 0 Å². The Morgan fingerprint density at radius 3 is 2.52 bits per heavy atom. The van der Waals surface area contributed by atoms with Gasteiger partial charge in [0.1, 0.15) is 5.75 Å². The first-order chi connectivity index (χ1) is 9.98. The Morgan fingerprint density at radius 1 is 1.29 bits per heavy atom. The van der Waals surface area contributed by atoms with Crippen molar-refractivity contribution < 1.29 is 17.9 Å². The summed E-state index contributed by atoms with van der Waals surface area (Å²) < 4.78 is 44.0. The van der Waals surface area contributed by atoms with E-state index >= 15 is 0 Å². The van der Waals surface area contributed by atoms with Crippen molar-refractivity contribution in [1.29, 1.82) is 0 Å². The molecule has 0 radical (unpaired) electrons. The molecule has 1 heterocycles. The van der Waals surface area contributed by atoms with Crippen LogP contribution < -0.4 is 10.1 Å². The Hall–Kier alpha value is -1.67. The van der Waals surface area contributed by atoms with Gasteiger partial charge in [-0.3, -0.25) is 0 Å². The van der Waals surface area contributed by atoms with Crippen molar-refractivity contribution in [2.45, 2.75) is 25.7 Å². The molecule has 1 aromatic carbocycles. The van der Waals surface area contributed by atoms with E-state index in [2.05, 4.69) is 19.6 Å². The van der Waals surface area contributed by atoms with Gasteiger partial charge in [0.2, 0.25) is 0 Å². The first-order valence-electron chi connectivity index (χ1n) is 6.33. The van der Waals surface area contributed by atoms with E-state index in [1.807, 2.05) is 6.92 Å². The second-order valence-corrected chi connectivity index (χ2v) is 5.14. The van der Waals surface area contributed by atoms with Crippen molar-refractivity contribution in [3.05, 3.63) is 40.9 Å². The Morgan fingerprint density at radius 2 is 2.00 bits per heavy atom. The summed E-state index contributed by atoms with van der Waals surface area (Å²) >= 11 is 1.30. The van der Waals surface area contributed by atoms with E-state index < -0.39 is 6.36 Å². The summed E-state index contributed by atoms with van der Waals surface area (Å²) in [6.45, 7) is 2.76. The average molecular weight is 317 g/mol. The molecule has 1 atom stereocenters. The number of halogens is 3. The molecular weight excluding hydrogens is 303 g/mol. The van der Waals surface area contributed by atoms with E-state index in [1.54, 1.807) is 18.3 Å². The molecule has 8 heteroatoms. The molecular formula is C13H14F3N3OS. The van der Waals surface area contributed by atoms with Crippen LogP contribution in [0.3, 0.4) is 0 Å². The molecule has 0 saturated heterocycles.